The molecule has 0 radical (unpaired) electrons. The molecule has 0 aliphatic heterocycles. The Morgan fingerprint density at radius 3 is 1.93 bits per heavy atom. The third-order valence-electron chi connectivity index (χ3n) is 6.39. The van der Waals surface area contributed by atoms with Gasteiger partial charge < -0.3 is 34.0 Å². The first-order valence-electron chi connectivity index (χ1n) is 11.7. The Kier molecular flexibility index (Phi) is 5.85. The van der Waals surface area contributed by atoms with Crippen LogP contribution in [-0.4, -0.2) is 20.4 Å². The number of aromatic hydroxyl groups is 4. The van der Waals surface area contributed by atoms with Gasteiger partial charge in [0.25, 0.3) is 0 Å². The van der Waals surface area contributed by atoms with Crippen molar-refractivity contribution in [3.05, 3.63) is 105 Å². The second-order valence-electron chi connectivity index (χ2n) is 8.85. The van der Waals surface area contributed by atoms with Crippen molar-refractivity contribution in [2.45, 2.75) is 0 Å². The molecule has 0 saturated carbocycles. The van der Waals surface area contributed by atoms with Crippen LogP contribution in [0.3, 0.4) is 0 Å². The van der Waals surface area contributed by atoms with Crippen molar-refractivity contribution in [3.8, 4) is 56.8 Å². The van der Waals surface area contributed by atoms with Crippen LogP contribution in [0.1, 0.15) is 0 Å². The zero-order valence-corrected chi connectivity index (χ0v) is 21.0. The van der Waals surface area contributed by atoms with E-state index < -0.39 is 16.9 Å². The topological polar surface area (TPSA) is 151 Å². The summed E-state index contributed by atoms with van der Waals surface area (Å²) in [7, 11) is 0. The molecule has 0 fully saturated rings. The number of halogens is 1. The SMILES string of the molecule is O=c1c(-c2ccc(O)cc2)coc2c(Oc3ccc(-c4coc5c(Cl)c(O)cc(O)c5c4=O)cc3)c(O)ccc12. The molecule has 0 aliphatic carbocycles. The standard InChI is InChI=1S/C30H17ClO9/c31-25-23(35)11-22(34)24-27(37)20(13-39-30(24)25)15-3-7-17(8-4-15)40-29-21(33)10-9-18-26(36)19(12-38-28(18)29)14-1-5-16(32)6-2-14/h1-13,32-35H. The van der Waals surface area contributed by atoms with Crippen molar-refractivity contribution >= 4 is 33.5 Å². The summed E-state index contributed by atoms with van der Waals surface area (Å²) in [5.74, 6) is -0.920. The largest absolute Gasteiger partial charge is 0.508 e. The average molecular weight is 557 g/mol. The van der Waals surface area contributed by atoms with Gasteiger partial charge in [-0.2, -0.15) is 0 Å². The second-order valence-corrected chi connectivity index (χ2v) is 9.23. The molecule has 0 atom stereocenters. The lowest BCUT2D eigenvalue weighted by Crippen LogP contribution is -2.05. The lowest BCUT2D eigenvalue weighted by atomic mass is 10.0. The molecule has 0 spiro atoms. The maximum absolute atomic E-state index is 13.2. The number of hydrogen-bond donors (Lipinski definition) is 4. The average Bonchev–Trinajstić information content (AvgIpc) is 2.94. The van der Waals surface area contributed by atoms with E-state index in [0.717, 1.165) is 6.07 Å². The van der Waals surface area contributed by atoms with E-state index in [-0.39, 0.29) is 66.5 Å². The summed E-state index contributed by atoms with van der Waals surface area (Å²) < 4.78 is 17.0. The summed E-state index contributed by atoms with van der Waals surface area (Å²) in [5, 5.41) is 39.8. The summed E-state index contributed by atoms with van der Waals surface area (Å²) in [5.41, 5.74) is 0.335. The highest BCUT2D eigenvalue weighted by Gasteiger charge is 2.20. The second kappa shape index (κ2) is 9.40. The van der Waals surface area contributed by atoms with E-state index in [0.29, 0.717) is 11.1 Å². The number of fused-ring (bicyclic) bond motifs is 2. The summed E-state index contributed by atoms with van der Waals surface area (Å²) in [6, 6.07) is 16.0. The Balaban J connectivity index is 1.36. The Labute approximate surface area is 228 Å². The van der Waals surface area contributed by atoms with Gasteiger partial charge in [0, 0.05) is 6.07 Å². The van der Waals surface area contributed by atoms with E-state index in [2.05, 4.69) is 0 Å². The quantitative estimate of drug-likeness (QED) is 0.191. The molecular formula is C30H17ClO9. The minimum Gasteiger partial charge on any atom is -0.508 e. The smallest absolute Gasteiger partial charge is 0.212 e. The predicted molar refractivity (Wildman–Crippen MR) is 148 cm³/mol. The molecule has 40 heavy (non-hydrogen) atoms. The zero-order valence-electron chi connectivity index (χ0n) is 20.2. The molecule has 6 rings (SSSR count). The number of ether oxygens (including phenoxy) is 1. The van der Waals surface area contributed by atoms with Crippen molar-refractivity contribution in [1.82, 2.24) is 0 Å². The number of phenolic OH excluding ortho intramolecular Hbond substituents is 4. The van der Waals surface area contributed by atoms with Crippen LogP contribution in [0, 0.1) is 0 Å². The molecule has 198 valence electrons. The van der Waals surface area contributed by atoms with Gasteiger partial charge in [-0.25, -0.2) is 0 Å². The Morgan fingerprint density at radius 2 is 1.25 bits per heavy atom. The maximum atomic E-state index is 13.2. The van der Waals surface area contributed by atoms with Crippen molar-refractivity contribution in [3.63, 3.8) is 0 Å². The number of hydrogen-bond acceptors (Lipinski definition) is 9. The first-order valence-corrected chi connectivity index (χ1v) is 12.1. The molecule has 0 amide bonds. The molecular weight excluding hydrogens is 540 g/mol. The zero-order chi connectivity index (χ0) is 28.1. The molecule has 0 unspecified atom stereocenters. The highest BCUT2D eigenvalue weighted by Crippen LogP contribution is 2.40. The Morgan fingerprint density at radius 1 is 0.650 bits per heavy atom. The molecule has 4 aromatic carbocycles. The number of benzene rings is 4. The molecule has 2 heterocycles. The number of rotatable bonds is 4. The van der Waals surface area contributed by atoms with Gasteiger partial charge in [-0.15, -0.1) is 0 Å². The fraction of sp³-hybridized carbons (Fsp3) is 0. The minimum atomic E-state index is -0.563. The summed E-state index contributed by atoms with van der Waals surface area (Å²) >= 11 is 6.01. The summed E-state index contributed by atoms with van der Waals surface area (Å²) in [6.07, 6.45) is 2.43. The van der Waals surface area contributed by atoms with Gasteiger partial charge in [-0.1, -0.05) is 35.9 Å². The van der Waals surface area contributed by atoms with E-state index >= 15 is 0 Å². The van der Waals surface area contributed by atoms with Crippen LogP contribution >= 0.6 is 11.6 Å². The van der Waals surface area contributed by atoms with Crippen molar-refractivity contribution in [2.24, 2.45) is 0 Å². The fourth-order valence-electron chi connectivity index (χ4n) is 4.37. The fourth-order valence-corrected chi connectivity index (χ4v) is 4.56. The van der Waals surface area contributed by atoms with Gasteiger partial charge in [0.05, 0.1) is 16.5 Å². The molecule has 6 aromatic rings. The molecule has 0 saturated heterocycles. The van der Waals surface area contributed by atoms with Gasteiger partial charge in [-0.05, 0) is 47.5 Å². The molecule has 10 heteroatoms. The van der Waals surface area contributed by atoms with Crippen molar-refractivity contribution in [2.75, 3.05) is 0 Å². The normalized spacial score (nSPS) is 11.2. The Hall–Kier alpha value is -5.41. The molecule has 0 bridgehead atoms. The third kappa shape index (κ3) is 4.05. The maximum Gasteiger partial charge on any atom is 0.212 e. The van der Waals surface area contributed by atoms with Crippen LogP contribution in [-0.2, 0) is 0 Å². The van der Waals surface area contributed by atoms with E-state index in [1.165, 1.54) is 48.9 Å². The van der Waals surface area contributed by atoms with E-state index in [4.69, 9.17) is 25.2 Å². The molecule has 9 nitrogen and oxygen atoms in total. The molecule has 2 aromatic heterocycles. The van der Waals surface area contributed by atoms with Gasteiger partial charge >= 0.3 is 0 Å². The van der Waals surface area contributed by atoms with Crippen LogP contribution in [0.5, 0.6) is 34.5 Å². The third-order valence-corrected chi connectivity index (χ3v) is 6.75. The van der Waals surface area contributed by atoms with E-state index in [1.54, 1.807) is 24.3 Å². The highest BCUT2D eigenvalue weighted by atomic mass is 35.5. The van der Waals surface area contributed by atoms with Crippen LogP contribution in [0.4, 0.5) is 0 Å². The van der Waals surface area contributed by atoms with Crippen LogP contribution in [0.15, 0.2) is 97.7 Å². The lowest BCUT2D eigenvalue weighted by Gasteiger charge is -2.11. The highest BCUT2D eigenvalue weighted by molar-refractivity contribution is 6.36. The minimum absolute atomic E-state index is 0.0300. The van der Waals surface area contributed by atoms with Crippen LogP contribution < -0.4 is 15.6 Å². The first-order chi connectivity index (χ1) is 19.2. The lowest BCUT2D eigenvalue weighted by molar-refractivity contribution is 0.407. The van der Waals surface area contributed by atoms with Crippen molar-refractivity contribution < 1.29 is 34.0 Å². The van der Waals surface area contributed by atoms with E-state index in [1.807, 2.05) is 0 Å². The molecule has 4 N–H and O–H groups in total. The van der Waals surface area contributed by atoms with Crippen molar-refractivity contribution in [1.29, 1.82) is 0 Å². The molecule has 0 aliphatic rings. The van der Waals surface area contributed by atoms with Gasteiger partial charge in [0.15, 0.2) is 16.9 Å². The number of phenols is 4. The van der Waals surface area contributed by atoms with Gasteiger partial charge in [0.2, 0.25) is 16.6 Å². The monoisotopic (exact) mass is 556 g/mol. The van der Waals surface area contributed by atoms with Gasteiger partial charge in [-0.3, -0.25) is 9.59 Å². The summed E-state index contributed by atoms with van der Waals surface area (Å²) in [6.45, 7) is 0. The summed E-state index contributed by atoms with van der Waals surface area (Å²) in [4.78, 5) is 26.3. The first kappa shape index (κ1) is 24.9. The van der Waals surface area contributed by atoms with Crippen LogP contribution in [0.25, 0.3) is 44.2 Å². The Bertz CT molecular complexity index is 2060. The van der Waals surface area contributed by atoms with Crippen LogP contribution in [0.2, 0.25) is 5.02 Å². The van der Waals surface area contributed by atoms with Gasteiger partial charge in [0.1, 0.15) is 45.9 Å². The van der Waals surface area contributed by atoms with E-state index in [9.17, 15) is 30.0 Å². The predicted octanol–water partition coefficient (Wildman–Crippen LogP) is 6.50.